The normalized spacial score (nSPS) is 13.0. The molecule has 162 valence electrons. The van der Waals surface area contributed by atoms with Crippen molar-refractivity contribution in [3.8, 4) is 5.69 Å². The number of aromatic nitrogens is 1. The van der Waals surface area contributed by atoms with Crippen LogP contribution < -0.4 is 11.3 Å². The standard InChI is InChI=1S/C21H17F3N2O4S/c1-31(29,30)18(13-6-3-2-4-7-13)16-10-11-26(20(28)17(16)19(25)27)15-9-5-8-14(12-15)21(22,23)24/h2-12,18H,1H3,(H2,25,27). The van der Waals surface area contributed by atoms with E-state index in [1.807, 2.05) is 0 Å². The van der Waals surface area contributed by atoms with E-state index in [-0.39, 0.29) is 11.3 Å². The summed E-state index contributed by atoms with van der Waals surface area (Å²) in [4.78, 5) is 25.2. The van der Waals surface area contributed by atoms with Crippen LogP contribution in [-0.4, -0.2) is 25.1 Å². The van der Waals surface area contributed by atoms with E-state index in [1.165, 1.54) is 24.3 Å². The van der Waals surface area contributed by atoms with Gasteiger partial charge in [-0.15, -0.1) is 0 Å². The maximum absolute atomic E-state index is 13.1. The van der Waals surface area contributed by atoms with Crippen molar-refractivity contribution in [1.82, 2.24) is 4.57 Å². The maximum atomic E-state index is 13.1. The number of carbonyl (C=O) groups is 1. The Morgan fingerprint density at radius 2 is 1.68 bits per heavy atom. The van der Waals surface area contributed by atoms with Crippen molar-refractivity contribution in [2.24, 2.45) is 5.73 Å². The summed E-state index contributed by atoms with van der Waals surface area (Å²) in [6, 6.07) is 13.1. The molecule has 1 amide bonds. The lowest BCUT2D eigenvalue weighted by molar-refractivity contribution is -0.137. The third-order valence-electron chi connectivity index (χ3n) is 4.64. The number of benzene rings is 2. The van der Waals surface area contributed by atoms with Crippen molar-refractivity contribution in [3.05, 3.63) is 99.5 Å². The Hall–Kier alpha value is -3.40. The summed E-state index contributed by atoms with van der Waals surface area (Å²) in [6.07, 6.45) is -2.56. The molecule has 0 fully saturated rings. The number of pyridine rings is 1. The van der Waals surface area contributed by atoms with E-state index < -0.39 is 43.9 Å². The van der Waals surface area contributed by atoms with E-state index in [2.05, 4.69) is 0 Å². The molecule has 0 aliphatic carbocycles. The molecule has 31 heavy (non-hydrogen) atoms. The van der Waals surface area contributed by atoms with Gasteiger partial charge in [0.05, 0.1) is 5.56 Å². The monoisotopic (exact) mass is 450 g/mol. The van der Waals surface area contributed by atoms with E-state index in [0.717, 1.165) is 35.2 Å². The second-order valence-electron chi connectivity index (χ2n) is 6.85. The van der Waals surface area contributed by atoms with Gasteiger partial charge in [0.25, 0.3) is 11.5 Å². The lowest BCUT2D eigenvalue weighted by Gasteiger charge is -2.19. The van der Waals surface area contributed by atoms with Crippen LogP contribution in [0.3, 0.4) is 0 Å². The highest BCUT2D eigenvalue weighted by Gasteiger charge is 2.32. The predicted molar refractivity (Wildman–Crippen MR) is 109 cm³/mol. The summed E-state index contributed by atoms with van der Waals surface area (Å²) < 4.78 is 65.1. The van der Waals surface area contributed by atoms with E-state index >= 15 is 0 Å². The van der Waals surface area contributed by atoms with Gasteiger partial charge in [-0.05, 0) is 35.4 Å². The van der Waals surface area contributed by atoms with Crippen LogP contribution in [0, 0.1) is 0 Å². The predicted octanol–water partition coefficient (Wildman–Crippen LogP) is 3.09. The zero-order chi connectivity index (χ0) is 23.0. The molecule has 1 heterocycles. The van der Waals surface area contributed by atoms with Crippen LogP contribution in [0.4, 0.5) is 13.2 Å². The highest BCUT2D eigenvalue weighted by Crippen LogP contribution is 2.32. The first-order chi connectivity index (χ1) is 14.4. The van der Waals surface area contributed by atoms with Crippen LogP contribution in [-0.2, 0) is 16.0 Å². The molecule has 0 radical (unpaired) electrons. The van der Waals surface area contributed by atoms with Crippen molar-refractivity contribution in [2.45, 2.75) is 11.4 Å². The fourth-order valence-corrected chi connectivity index (χ4v) is 4.65. The highest BCUT2D eigenvalue weighted by molar-refractivity contribution is 7.91. The van der Waals surface area contributed by atoms with Gasteiger partial charge in [0.1, 0.15) is 10.8 Å². The van der Waals surface area contributed by atoms with Crippen LogP contribution in [0.15, 0.2) is 71.7 Å². The largest absolute Gasteiger partial charge is 0.416 e. The molecule has 3 rings (SSSR count). The molecule has 0 spiro atoms. The molecule has 3 aromatic rings. The Morgan fingerprint density at radius 3 is 2.23 bits per heavy atom. The van der Waals surface area contributed by atoms with Gasteiger partial charge in [0, 0.05) is 18.1 Å². The van der Waals surface area contributed by atoms with Crippen molar-refractivity contribution < 1.29 is 26.4 Å². The minimum Gasteiger partial charge on any atom is -0.365 e. The van der Waals surface area contributed by atoms with Gasteiger partial charge in [0.2, 0.25) is 0 Å². The first-order valence-electron chi connectivity index (χ1n) is 8.88. The van der Waals surface area contributed by atoms with E-state index in [1.54, 1.807) is 18.2 Å². The minimum absolute atomic E-state index is 0.144. The number of carbonyl (C=O) groups excluding carboxylic acids is 1. The average Bonchev–Trinajstić information content (AvgIpc) is 2.67. The molecule has 0 aliphatic rings. The van der Waals surface area contributed by atoms with Crippen LogP contribution >= 0.6 is 0 Å². The number of sulfone groups is 1. The zero-order valence-corrected chi connectivity index (χ0v) is 16.9. The lowest BCUT2D eigenvalue weighted by Crippen LogP contribution is -2.32. The van der Waals surface area contributed by atoms with Crippen LogP contribution in [0.5, 0.6) is 0 Å². The van der Waals surface area contributed by atoms with Gasteiger partial charge in [-0.25, -0.2) is 8.42 Å². The summed E-state index contributed by atoms with van der Waals surface area (Å²) in [6.45, 7) is 0. The highest BCUT2D eigenvalue weighted by atomic mass is 32.2. The molecular weight excluding hydrogens is 433 g/mol. The number of nitrogens with two attached hydrogens (primary N) is 1. The van der Waals surface area contributed by atoms with Gasteiger partial charge in [0.15, 0.2) is 9.84 Å². The van der Waals surface area contributed by atoms with Crippen LogP contribution in [0.2, 0.25) is 0 Å². The number of primary amides is 1. The van der Waals surface area contributed by atoms with Gasteiger partial charge in [-0.3, -0.25) is 14.2 Å². The molecule has 1 unspecified atom stereocenters. The fraction of sp³-hybridized carbons (Fsp3) is 0.143. The Labute approximate surface area is 175 Å². The number of rotatable bonds is 5. The SMILES string of the molecule is CS(=O)(=O)C(c1ccccc1)c1ccn(-c2cccc(C(F)(F)F)c2)c(=O)c1C(N)=O. The third-order valence-corrected chi connectivity index (χ3v) is 6.02. The molecule has 1 atom stereocenters. The summed E-state index contributed by atoms with van der Waals surface area (Å²) in [7, 11) is -3.85. The van der Waals surface area contributed by atoms with Crippen LogP contribution in [0.1, 0.15) is 32.3 Å². The van der Waals surface area contributed by atoms with Crippen LogP contribution in [0.25, 0.3) is 5.69 Å². The summed E-state index contributed by atoms with van der Waals surface area (Å²) in [5.41, 5.74) is 2.79. The zero-order valence-electron chi connectivity index (χ0n) is 16.1. The second-order valence-corrected chi connectivity index (χ2v) is 8.98. The first kappa shape index (κ1) is 22.3. The first-order valence-corrected chi connectivity index (χ1v) is 10.8. The van der Waals surface area contributed by atoms with Gasteiger partial charge < -0.3 is 5.73 Å². The van der Waals surface area contributed by atoms with Gasteiger partial charge in [-0.2, -0.15) is 13.2 Å². The molecule has 10 heteroatoms. The number of hydrogen-bond donors (Lipinski definition) is 1. The number of halogens is 3. The average molecular weight is 450 g/mol. The third kappa shape index (κ3) is 4.53. The number of alkyl halides is 3. The summed E-state index contributed by atoms with van der Waals surface area (Å²) in [5.74, 6) is -1.19. The van der Waals surface area contributed by atoms with Crippen molar-refractivity contribution in [2.75, 3.05) is 6.26 Å². The number of hydrogen-bond acceptors (Lipinski definition) is 4. The molecule has 0 aliphatic heterocycles. The summed E-state index contributed by atoms with van der Waals surface area (Å²) in [5, 5.41) is -1.36. The second kappa shape index (κ2) is 8.03. The number of nitrogens with zero attached hydrogens (tertiary/aromatic N) is 1. The molecule has 0 saturated heterocycles. The lowest BCUT2D eigenvalue weighted by atomic mass is 10.00. The van der Waals surface area contributed by atoms with E-state index in [9.17, 15) is 31.2 Å². The van der Waals surface area contributed by atoms with Crippen molar-refractivity contribution in [3.63, 3.8) is 0 Å². The number of amides is 1. The van der Waals surface area contributed by atoms with Gasteiger partial charge >= 0.3 is 6.18 Å². The Balaban J connectivity index is 2.28. The fourth-order valence-electron chi connectivity index (χ4n) is 3.34. The maximum Gasteiger partial charge on any atom is 0.416 e. The van der Waals surface area contributed by atoms with Gasteiger partial charge in [-0.1, -0.05) is 36.4 Å². The van der Waals surface area contributed by atoms with E-state index in [0.29, 0.717) is 5.56 Å². The molecular formula is C21H17F3N2O4S. The van der Waals surface area contributed by atoms with Crippen molar-refractivity contribution in [1.29, 1.82) is 0 Å². The Morgan fingerprint density at radius 1 is 1.03 bits per heavy atom. The molecule has 6 nitrogen and oxygen atoms in total. The smallest absolute Gasteiger partial charge is 0.365 e. The Kier molecular flexibility index (Phi) is 5.77. The quantitative estimate of drug-likeness (QED) is 0.646. The Bertz CT molecular complexity index is 1300. The minimum atomic E-state index is -4.64. The van der Waals surface area contributed by atoms with E-state index in [4.69, 9.17) is 5.73 Å². The molecule has 2 N–H and O–H groups in total. The molecule has 0 bridgehead atoms. The molecule has 1 aromatic heterocycles. The summed E-state index contributed by atoms with van der Waals surface area (Å²) >= 11 is 0. The molecule has 2 aromatic carbocycles. The topological polar surface area (TPSA) is 99.2 Å². The molecule has 0 saturated carbocycles. The van der Waals surface area contributed by atoms with Crippen molar-refractivity contribution >= 4 is 15.7 Å².